The number of H-pyrrole nitrogens is 1. The van der Waals surface area contributed by atoms with E-state index in [1.807, 2.05) is 24.3 Å². The fraction of sp³-hybridized carbons (Fsp3) is 0.167. The quantitative estimate of drug-likeness (QED) is 0.470. The summed E-state index contributed by atoms with van der Waals surface area (Å²) in [5, 5.41) is 29.5. The fourth-order valence-electron chi connectivity index (χ4n) is 2.45. The Balaban J connectivity index is 1.48. The number of nitrogen functional groups attached to an aromatic ring is 1. The van der Waals surface area contributed by atoms with Crippen LogP contribution in [0, 0.1) is 11.3 Å². The SMILES string of the molecule is N#Cc1c(N)n[nH]c1CCCNc1ccc(C(=O)Nc2ccccc2)nn1. The third kappa shape index (κ3) is 4.58. The molecule has 9 nitrogen and oxygen atoms in total. The highest BCUT2D eigenvalue weighted by molar-refractivity contribution is 6.02. The minimum atomic E-state index is -0.318. The maximum atomic E-state index is 12.1. The fourth-order valence-corrected chi connectivity index (χ4v) is 2.45. The molecule has 2 aromatic heterocycles. The van der Waals surface area contributed by atoms with Crippen LogP contribution in [0.5, 0.6) is 0 Å². The van der Waals surface area contributed by atoms with E-state index in [0.717, 1.165) is 12.1 Å². The number of nitrogens with two attached hydrogens (primary N) is 1. The van der Waals surface area contributed by atoms with E-state index < -0.39 is 0 Å². The molecule has 3 rings (SSSR count). The van der Waals surface area contributed by atoms with Crippen molar-refractivity contribution in [3.05, 3.63) is 59.4 Å². The lowest BCUT2D eigenvalue weighted by molar-refractivity contribution is 0.102. The van der Waals surface area contributed by atoms with Gasteiger partial charge in [0.2, 0.25) is 0 Å². The molecule has 0 saturated heterocycles. The molecule has 0 aliphatic rings. The Morgan fingerprint density at radius 1 is 1.19 bits per heavy atom. The predicted molar refractivity (Wildman–Crippen MR) is 101 cm³/mol. The molecule has 0 fully saturated rings. The Kier molecular flexibility index (Phi) is 5.59. The number of nitrogens with one attached hydrogen (secondary N) is 3. The minimum Gasteiger partial charge on any atom is -0.381 e. The number of hydrogen-bond acceptors (Lipinski definition) is 7. The van der Waals surface area contributed by atoms with Crippen molar-refractivity contribution in [2.45, 2.75) is 12.8 Å². The van der Waals surface area contributed by atoms with E-state index in [2.05, 4.69) is 31.0 Å². The number of aryl methyl sites for hydroxylation is 1. The van der Waals surface area contributed by atoms with Crippen LogP contribution in [-0.4, -0.2) is 32.8 Å². The maximum absolute atomic E-state index is 12.1. The summed E-state index contributed by atoms with van der Waals surface area (Å²) in [4.78, 5) is 12.1. The van der Waals surface area contributed by atoms with Gasteiger partial charge in [-0.1, -0.05) is 18.2 Å². The molecule has 0 aliphatic carbocycles. The minimum absolute atomic E-state index is 0.218. The number of aromatic nitrogens is 4. The zero-order valence-electron chi connectivity index (χ0n) is 14.4. The van der Waals surface area contributed by atoms with Crippen LogP contribution in [0.25, 0.3) is 0 Å². The zero-order valence-corrected chi connectivity index (χ0v) is 14.4. The van der Waals surface area contributed by atoms with E-state index >= 15 is 0 Å². The summed E-state index contributed by atoms with van der Waals surface area (Å²) < 4.78 is 0. The highest BCUT2D eigenvalue weighted by Crippen LogP contribution is 2.13. The van der Waals surface area contributed by atoms with Crippen LogP contribution in [0.3, 0.4) is 0 Å². The normalized spacial score (nSPS) is 10.2. The second kappa shape index (κ2) is 8.44. The van der Waals surface area contributed by atoms with Crippen molar-refractivity contribution in [1.82, 2.24) is 20.4 Å². The number of rotatable bonds is 7. The number of amides is 1. The first-order chi connectivity index (χ1) is 13.2. The van der Waals surface area contributed by atoms with Crippen LogP contribution in [0.1, 0.15) is 28.2 Å². The largest absolute Gasteiger partial charge is 0.381 e. The lowest BCUT2D eigenvalue weighted by Crippen LogP contribution is -2.15. The highest BCUT2D eigenvalue weighted by Gasteiger charge is 2.10. The lowest BCUT2D eigenvalue weighted by Gasteiger charge is -2.06. The van der Waals surface area contributed by atoms with Crippen LogP contribution < -0.4 is 16.4 Å². The number of carbonyl (C=O) groups is 1. The van der Waals surface area contributed by atoms with Gasteiger partial charge in [0.15, 0.2) is 11.5 Å². The number of nitrogens with zero attached hydrogens (tertiary/aromatic N) is 4. The first kappa shape index (κ1) is 17.9. The van der Waals surface area contributed by atoms with Gasteiger partial charge < -0.3 is 16.4 Å². The molecule has 1 aromatic carbocycles. The first-order valence-electron chi connectivity index (χ1n) is 8.34. The Bertz CT molecular complexity index is 944. The monoisotopic (exact) mass is 362 g/mol. The molecule has 0 unspecified atom stereocenters. The molecule has 3 aromatic rings. The molecule has 0 aliphatic heterocycles. The summed E-state index contributed by atoms with van der Waals surface area (Å²) in [6.45, 7) is 0.619. The summed E-state index contributed by atoms with van der Waals surface area (Å²) in [6, 6.07) is 14.5. The van der Waals surface area contributed by atoms with Gasteiger partial charge in [-0.15, -0.1) is 10.2 Å². The van der Waals surface area contributed by atoms with E-state index in [1.54, 1.807) is 24.3 Å². The molecule has 9 heteroatoms. The average Bonchev–Trinajstić information content (AvgIpc) is 3.06. The van der Waals surface area contributed by atoms with Crippen molar-refractivity contribution in [2.24, 2.45) is 0 Å². The summed E-state index contributed by atoms with van der Waals surface area (Å²) in [5.74, 6) is 0.465. The van der Waals surface area contributed by atoms with Crippen molar-refractivity contribution in [1.29, 1.82) is 5.26 Å². The number of para-hydroxylation sites is 1. The Morgan fingerprint density at radius 3 is 2.70 bits per heavy atom. The van der Waals surface area contributed by atoms with Crippen LogP contribution >= 0.6 is 0 Å². The van der Waals surface area contributed by atoms with Crippen LogP contribution in [0.4, 0.5) is 17.3 Å². The molecule has 0 radical (unpaired) electrons. The molecule has 0 spiro atoms. The van der Waals surface area contributed by atoms with Crippen LogP contribution in [0.15, 0.2) is 42.5 Å². The van der Waals surface area contributed by atoms with E-state index in [0.29, 0.717) is 30.0 Å². The number of anilines is 3. The van der Waals surface area contributed by atoms with E-state index in [4.69, 9.17) is 11.0 Å². The van der Waals surface area contributed by atoms with Gasteiger partial charge in [0.1, 0.15) is 17.5 Å². The molecule has 0 bridgehead atoms. The lowest BCUT2D eigenvalue weighted by atomic mass is 10.1. The summed E-state index contributed by atoms with van der Waals surface area (Å²) in [7, 11) is 0. The van der Waals surface area contributed by atoms with Gasteiger partial charge in [0, 0.05) is 12.2 Å². The predicted octanol–water partition coefficient (Wildman–Crippen LogP) is 1.95. The summed E-state index contributed by atoms with van der Waals surface area (Å²) in [5.41, 5.74) is 7.64. The number of carbonyl (C=O) groups excluding carboxylic acids is 1. The number of nitriles is 1. The Morgan fingerprint density at radius 2 is 2.00 bits per heavy atom. The topological polar surface area (TPSA) is 145 Å². The zero-order chi connectivity index (χ0) is 19.1. The molecule has 0 saturated carbocycles. The standard InChI is InChI=1S/C18H18N8O/c19-11-13-14(23-26-17(13)20)7-4-10-21-16-9-8-15(24-25-16)18(27)22-12-5-2-1-3-6-12/h1-3,5-6,8-9H,4,7,10H2,(H,21,25)(H,22,27)(H3,20,23,26). The molecule has 27 heavy (non-hydrogen) atoms. The third-order valence-electron chi connectivity index (χ3n) is 3.82. The van der Waals surface area contributed by atoms with Crippen molar-refractivity contribution in [3.8, 4) is 6.07 Å². The van der Waals surface area contributed by atoms with Gasteiger partial charge in [-0.05, 0) is 37.1 Å². The second-order valence-electron chi connectivity index (χ2n) is 5.73. The number of benzene rings is 1. The molecule has 1 amide bonds. The summed E-state index contributed by atoms with van der Waals surface area (Å²) in [6.07, 6.45) is 1.37. The summed E-state index contributed by atoms with van der Waals surface area (Å²) >= 11 is 0. The molecule has 5 N–H and O–H groups in total. The van der Waals surface area contributed by atoms with Crippen LogP contribution in [-0.2, 0) is 6.42 Å². The highest BCUT2D eigenvalue weighted by atomic mass is 16.1. The molecular weight excluding hydrogens is 344 g/mol. The first-order valence-corrected chi connectivity index (χ1v) is 8.34. The van der Waals surface area contributed by atoms with Gasteiger partial charge in [0.25, 0.3) is 5.91 Å². The van der Waals surface area contributed by atoms with Crippen molar-refractivity contribution in [3.63, 3.8) is 0 Å². The van der Waals surface area contributed by atoms with Gasteiger partial charge in [-0.25, -0.2) is 0 Å². The number of aromatic amines is 1. The maximum Gasteiger partial charge on any atom is 0.276 e. The van der Waals surface area contributed by atoms with E-state index in [-0.39, 0.29) is 17.4 Å². The van der Waals surface area contributed by atoms with Gasteiger partial charge in [-0.3, -0.25) is 9.89 Å². The second-order valence-corrected chi connectivity index (χ2v) is 5.73. The van der Waals surface area contributed by atoms with Gasteiger partial charge in [-0.2, -0.15) is 10.4 Å². The van der Waals surface area contributed by atoms with Gasteiger partial charge in [0.05, 0.1) is 5.69 Å². The molecule has 2 heterocycles. The number of hydrogen-bond donors (Lipinski definition) is 4. The third-order valence-corrected chi connectivity index (χ3v) is 3.82. The molecule has 0 atom stereocenters. The van der Waals surface area contributed by atoms with Crippen LogP contribution in [0.2, 0.25) is 0 Å². The Labute approximate surface area is 155 Å². The smallest absolute Gasteiger partial charge is 0.276 e. The van der Waals surface area contributed by atoms with E-state index in [1.165, 1.54) is 0 Å². The molecular formula is C18H18N8O. The van der Waals surface area contributed by atoms with E-state index in [9.17, 15) is 4.79 Å². The van der Waals surface area contributed by atoms with Crippen molar-refractivity contribution in [2.75, 3.05) is 22.9 Å². The van der Waals surface area contributed by atoms with Crippen molar-refractivity contribution < 1.29 is 4.79 Å². The Hall–Kier alpha value is -3.93. The molecule has 136 valence electrons. The van der Waals surface area contributed by atoms with Gasteiger partial charge >= 0.3 is 0 Å². The average molecular weight is 362 g/mol. The van der Waals surface area contributed by atoms with Crippen molar-refractivity contribution >= 4 is 23.2 Å².